The summed E-state index contributed by atoms with van der Waals surface area (Å²) in [6, 6.07) is 0. The summed E-state index contributed by atoms with van der Waals surface area (Å²) in [5.74, 6) is 1.64. The zero-order chi connectivity index (χ0) is 8.28. The van der Waals surface area contributed by atoms with Crippen LogP contribution in [0.1, 0.15) is 40.5 Å². The highest BCUT2D eigenvalue weighted by atomic mass is 15.2. The molecule has 1 aliphatic carbocycles. The quantitative estimate of drug-likeness (QED) is 0.641. The van der Waals surface area contributed by atoms with Crippen molar-refractivity contribution in [2.45, 2.75) is 51.6 Å². The van der Waals surface area contributed by atoms with Crippen molar-refractivity contribution in [2.24, 2.45) is 11.8 Å². The summed E-state index contributed by atoms with van der Waals surface area (Å²) < 4.78 is 0. The first kappa shape index (κ1) is 7.60. The Bertz CT molecular complexity index is 144. The van der Waals surface area contributed by atoms with Crippen molar-refractivity contribution >= 4 is 0 Å². The Morgan fingerprint density at radius 3 is 1.36 bits per heavy atom. The molecule has 2 bridgehead atoms. The predicted octanol–water partition coefficient (Wildman–Crippen LogP) is 2.17. The molecule has 3 rings (SSSR count). The molecule has 0 aromatic rings. The third kappa shape index (κ3) is 0.703. The van der Waals surface area contributed by atoms with Gasteiger partial charge in [0.2, 0.25) is 0 Å². The third-order valence-electron chi connectivity index (χ3n) is 3.97. The Kier molecular flexibility index (Phi) is 1.26. The van der Waals surface area contributed by atoms with Crippen LogP contribution in [-0.2, 0) is 0 Å². The van der Waals surface area contributed by atoms with Crippen LogP contribution >= 0.6 is 0 Å². The fourth-order valence-electron chi connectivity index (χ4n) is 2.64. The second-order valence-electron chi connectivity index (χ2n) is 5.10. The molecule has 3 aliphatic rings. The van der Waals surface area contributed by atoms with E-state index in [9.17, 15) is 0 Å². The minimum atomic E-state index is 0.560. The molecule has 1 saturated carbocycles. The van der Waals surface area contributed by atoms with E-state index in [0.717, 1.165) is 11.8 Å². The Morgan fingerprint density at radius 2 is 1.18 bits per heavy atom. The molecule has 0 radical (unpaired) electrons. The van der Waals surface area contributed by atoms with Crippen LogP contribution in [-0.4, -0.2) is 11.1 Å². The molecule has 64 valence electrons. The summed E-state index contributed by atoms with van der Waals surface area (Å²) in [6.45, 7) is 9.32. The molecule has 1 N–H and O–H groups in total. The Hall–Kier alpha value is -0.0400. The van der Waals surface area contributed by atoms with E-state index in [0.29, 0.717) is 11.1 Å². The number of rotatable bonds is 2. The first-order valence-corrected chi connectivity index (χ1v) is 4.80. The minimum Gasteiger partial charge on any atom is -0.305 e. The highest BCUT2D eigenvalue weighted by molar-refractivity contribution is 5.29. The van der Waals surface area contributed by atoms with E-state index >= 15 is 0 Å². The van der Waals surface area contributed by atoms with Gasteiger partial charge in [0, 0.05) is 11.1 Å². The first-order chi connectivity index (χ1) is 5.01. The molecule has 0 unspecified atom stereocenters. The van der Waals surface area contributed by atoms with Crippen molar-refractivity contribution in [2.75, 3.05) is 0 Å². The van der Waals surface area contributed by atoms with Crippen LogP contribution in [0.25, 0.3) is 0 Å². The summed E-state index contributed by atoms with van der Waals surface area (Å²) in [5.41, 5.74) is 1.12. The van der Waals surface area contributed by atoms with Crippen LogP contribution in [0.2, 0.25) is 0 Å². The summed E-state index contributed by atoms with van der Waals surface area (Å²) in [6.07, 6.45) is 2.85. The normalized spacial score (nSPS) is 47.5. The van der Waals surface area contributed by atoms with E-state index in [1.54, 1.807) is 0 Å². The van der Waals surface area contributed by atoms with Gasteiger partial charge in [-0.25, -0.2) is 0 Å². The molecule has 0 spiro atoms. The molecule has 0 aromatic carbocycles. The lowest BCUT2D eigenvalue weighted by Gasteiger charge is -2.75. The number of nitrogens with one attached hydrogen (secondary N) is 1. The van der Waals surface area contributed by atoms with E-state index in [-0.39, 0.29) is 0 Å². The SMILES string of the molecule is CC(C)C12CC(C(C)C)(C1)N2. The molecular weight excluding hydrogens is 134 g/mol. The fraction of sp³-hybridized carbons (Fsp3) is 1.00. The zero-order valence-corrected chi connectivity index (χ0v) is 8.07. The molecule has 11 heavy (non-hydrogen) atoms. The maximum absolute atomic E-state index is 3.73. The molecule has 3 fully saturated rings. The van der Waals surface area contributed by atoms with Gasteiger partial charge in [-0.3, -0.25) is 0 Å². The van der Waals surface area contributed by atoms with Gasteiger partial charge in [0.1, 0.15) is 0 Å². The molecule has 0 atom stereocenters. The molecule has 1 nitrogen and oxygen atoms in total. The third-order valence-corrected chi connectivity index (χ3v) is 3.97. The van der Waals surface area contributed by atoms with E-state index in [1.807, 2.05) is 0 Å². The molecule has 2 saturated heterocycles. The summed E-state index contributed by atoms with van der Waals surface area (Å²) in [4.78, 5) is 0. The maximum Gasteiger partial charge on any atom is 0.0245 e. The topological polar surface area (TPSA) is 12.0 Å². The van der Waals surface area contributed by atoms with Crippen molar-refractivity contribution in [1.29, 1.82) is 0 Å². The largest absolute Gasteiger partial charge is 0.305 e. The standard InChI is InChI=1S/C10H19N/c1-7(2)9-5-10(6-9,11-9)8(3)4/h7-8,11H,5-6H2,1-4H3. The average Bonchev–Trinajstić information content (AvgIpc) is 1.51. The lowest BCUT2D eigenvalue weighted by molar-refractivity contribution is -0.163. The number of hydrogen-bond donors (Lipinski definition) is 1. The van der Waals surface area contributed by atoms with Crippen LogP contribution < -0.4 is 5.32 Å². The lowest BCUT2D eigenvalue weighted by atomic mass is 9.45. The Morgan fingerprint density at radius 1 is 0.909 bits per heavy atom. The van der Waals surface area contributed by atoms with Crippen LogP contribution in [0.5, 0.6) is 0 Å². The van der Waals surface area contributed by atoms with E-state index in [4.69, 9.17) is 0 Å². The van der Waals surface area contributed by atoms with Crippen LogP contribution in [0.3, 0.4) is 0 Å². The summed E-state index contributed by atoms with van der Waals surface area (Å²) in [5, 5.41) is 3.73. The van der Waals surface area contributed by atoms with E-state index < -0.39 is 0 Å². The minimum absolute atomic E-state index is 0.560. The highest BCUT2D eigenvalue weighted by Gasteiger charge is 2.69. The Labute approximate surface area is 69.6 Å². The van der Waals surface area contributed by atoms with Gasteiger partial charge in [0.25, 0.3) is 0 Å². The molecule has 0 aromatic heterocycles. The first-order valence-electron chi connectivity index (χ1n) is 4.80. The van der Waals surface area contributed by atoms with Gasteiger partial charge < -0.3 is 5.32 Å². The van der Waals surface area contributed by atoms with Gasteiger partial charge in [0.15, 0.2) is 0 Å². The molecule has 0 amide bonds. The summed E-state index contributed by atoms with van der Waals surface area (Å²) in [7, 11) is 0. The molecular formula is C10H19N. The van der Waals surface area contributed by atoms with Gasteiger partial charge in [-0.15, -0.1) is 0 Å². The van der Waals surface area contributed by atoms with Crippen LogP contribution in [0.15, 0.2) is 0 Å². The van der Waals surface area contributed by atoms with Crippen molar-refractivity contribution < 1.29 is 0 Å². The average molecular weight is 153 g/mol. The Balaban J connectivity index is 1.99. The van der Waals surface area contributed by atoms with Gasteiger partial charge in [-0.2, -0.15) is 0 Å². The molecule has 1 heteroatoms. The van der Waals surface area contributed by atoms with E-state index in [1.165, 1.54) is 12.8 Å². The van der Waals surface area contributed by atoms with Crippen molar-refractivity contribution in [3.63, 3.8) is 0 Å². The van der Waals surface area contributed by atoms with Crippen molar-refractivity contribution in [1.82, 2.24) is 5.32 Å². The van der Waals surface area contributed by atoms with Crippen LogP contribution in [0, 0.1) is 11.8 Å². The van der Waals surface area contributed by atoms with Gasteiger partial charge >= 0.3 is 0 Å². The fourth-order valence-corrected chi connectivity index (χ4v) is 2.64. The number of hydrogen-bond acceptors (Lipinski definition) is 1. The predicted molar refractivity (Wildman–Crippen MR) is 47.5 cm³/mol. The second kappa shape index (κ2) is 1.82. The molecule has 2 aliphatic heterocycles. The van der Waals surface area contributed by atoms with Crippen molar-refractivity contribution in [3.8, 4) is 0 Å². The second-order valence-corrected chi connectivity index (χ2v) is 5.10. The summed E-state index contributed by atoms with van der Waals surface area (Å²) >= 11 is 0. The highest BCUT2D eigenvalue weighted by Crippen LogP contribution is 2.60. The van der Waals surface area contributed by atoms with Gasteiger partial charge in [-0.05, 0) is 24.7 Å². The maximum atomic E-state index is 3.73. The lowest BCUT2D eigenvalue weighted by Crippen LogP contribution is -2.89. The van der Waals surface area contributed by atoms with Gasteiger partial charge in [0.05, 0.1) is 0 Å². The smallest absolute Gasteiger partial charge is 0.0245 e. The zero-order valence-electron chi connectivity index (χ0n) is 8.07. The molecule has 2 heterocycles. The monoisotopic (exact) mass is 153 g/mol. The van der Waals surface area contributed by atoms with Crippen LogP contribution in [0.4, 0.5) is 0 Å². The van der Waals surface area contributed by atoms with Gasteiger partial charge in [-0.1, -0.05) is 27.7 Å². The van der Waals surface area contributed by atoms with E-state index in [2.05, 4.69) is 33.0 Å². The van der Waals surface area contributed by atoms with Crippen molar-refractivity contribution in [3.05, 3.63) is 0 Å².